The molecule has 0 aliphatic rings. The molecular weight excluding hydrogens is 142 g/mol. The van der Waals surface area contributed by atoms with Gasteiger partial charge < -0.3 is 21.4 Å². The van der Waals surface area contributed by atoms with Crippen molar-refractivity contribution in [3.63, 3.8) is 0 Å². The molecule has 32 valence electrons. The van der Waals surface area contributed by atoms with Crippen LogP contribution in [0.1, 0.15) is 0 Å². The maximum Gasteiger partial charge on any atom is 2.00 e. The van der Waals surface area contributed by atoms with Crippen LogP contribution in [0.3, 0.4) is 0 Å². The van der Waals surface area contributed by atoms with Crippen molar-refractivity contribution in [2.75, 3.05) is 0 Å². The van der Waals surface area contributed by atoms with Crippen LogP contribution in [0, 0.1) is 0 Å². The standard InChI is InChI=1S/Li.Mg.H3O3PS/c;;1-4(2,3)5/h;;(H3,1,2,3,5)/q+1;+2;/p-3. The zero-order valence-corrected chi connectivity index (χ0v) is 6.91. The first kappa shape index (κ1) is 16.0. The molecule has 0 spiro atoms. The Balaban J connectivity index is -0.0000000800. The normalized spacial score (nSPS) is 8.43. The van der Waals surface area contributed by atoms with E-state index in [1.807, 2.05) is 0 Å². The Morgan fingerprint density at radius 1 is 1.14 bits per heavy atom. The van der Waals surface area contributed by atoms with Crippen LogP contribution < -0.4 is 33.5 Å². The fourth-order valence-corrected chi connectivity index (χ4v) is 0. The Morgan fingerprint density at radius 3 is 1.14 bits per heavy atom. The smallest absolute Gasteiger partial charge is 0.844 e. The molecule has 0 unspecified atom stereocenters. The van der Waals surface area contributed by atoms with Gasteiger partial charge in [-0.1, -0.05) is 0 Å². The van der Waals surface area contributed by atoms with Gasteiger partial charge >= 0.3 is 41.9 Å². The molecule has 0 radical (unpaired) electrons. The first-order valence-corrected chi connectivity index (χ1v) is 3.29. The zero-order chi connectivity index (χ0) is 4.50. The third-order valence-corrected chi connectivity index (χ3v) is 0. The van der Waals surface area contributed by atoms with Crippen molar-refractivity contribution in [3.8, 4) is 0 Å². The molecule has 0 rings (SSSR count). The maximum atomic E-state index is 8.92. The largest absolute Gasteiger partial charge is 2.00 e. The van der Waals surface area contributed by atoms with E-state index >= 15 is 0 Å². The van der Waals surface area contributed by atoms with E-state index in [0.717, 1.165) is 0 Å². The Bertz CT molecular complexity index is 61.1. The molecule has 7 heteroatoms. The number of rotatable bonds is 0. The van der Waals surface area contributed by atoms with E-state index in [-0.39, 0.29) is 41.9 Å². The minimum Gasteiger partial charge on any atom is -0.844 e. The molecule has 0 N–H and O–H groups in total. The molecular formula is LiMgO3PS. The first-order chi connectivity index (χ1) is 2.00. The monoisotopic (exact) mass is 142 g/mol. The number of hydrogen-bond acceptors (Lipinski definition) is 4. The van der Waals surface area contributed by atoms with Gasteiger partial charge in [-0.2, -0.15) is 11.8 Å². The van der Waals surface area contributed by atoms with Crippen LogP contribution >= 0.6 is 6.72 Å². The van der Waals surface area contributed by atoms with Crippen LogP contribution in [0.15, 0.2) is 0 Å². The molecule has 0 aliphatic carbocycles. The first-order valence-electron chi connectivity index (χ1n) is 0.730. The van der Waals surface area contributed by atoms with Crippen molar-refractivity contribution in [3.05, 3.63) is 0 Å². The zero-order valence-electron chi connectivity index (χ0n) is 3.79. The average molecular weight is 142 g/mol. The van der Waals surface area contributed by atoms with E-state index in [9.17, 15) is 0 Å². The van der Waals surface area contributed by atoms with E-state index in [4.69, 9.17) is 14.7 Å². The molecule has 0 aliphatic heterocycles. The second-order valence-electron chi connectivity index (χ2n) is 0.447. The second kappa shape index (κ2) is 6.02. The summed E-state index contributed by atoms with van der Waals surface area (Å²) in [5.41, 5.74) is 0. The van der Waals surface area contributed by atoms with Gasteiger partial charge in [-0.05, 0) is 0 Å². The van der Waals surface area contributed by atoms with Crippen molar-refractivity contribution in [2.45, 2.75) is 0 Å². The Hall–Kier alpha value is 1.89. The molecule has 0 aromatic carbocycles. The molecule has 7 heavy (non-hydrogen) atoms. The quantitative estimate of drug-likeness (QED) is 0.249. The van der Waals surface area contributed by atoms with Crippen LogP contribution in [0.5, 0.6) is 0 Å². The molecule has 0 atom stereocenters. The van der Waals surface area contributed by atoms with Gasteiger partial charge in [0.25, 0.3) is 0 Å². The van der Waals surface area contributed by atoms with E-state index < -0.39 is 6.72 Å². The van der Waals surface area contributed by atoms with Crippen molar-refractivity contribution in [2.24, 2.45) is 0 Å². The fraction of sp³-hybridized carbons (Fsp3) is 0. The molecule has 0 aromatic rings. The Kier molecular flexibility index (Phi) is 13.7. The average Bonchev–Trinajstić information content (AvgIpc) is 0.722. The van der Waals surface area contributed by atoms with E-state index in [0.29, 0.717) is 0 Å². The van der Waals surface area contributed by atoms with E-state index in [1.165, 1.54) is 0 Å². The number of hydrogen-bond donors (Lipinski definition) is 0. The van der Waals surface area contributed by atoms with Crippen LogP contribution in [0.2, 0.25) is 0 Å². The summed E-state index contributed by atoms with van der Waals surface area (Å²) in [7, 11) is 0. The predicted octanol–water partition coefficient (Wildman–Crippen LogP) is -6.08. The predicted molar refractivity (Wildman–Crippen MR) is 20.0 cm³/mol. The minimum absolute atomic E-state index is 0. The van der Waals surface area contributed by atoms with Crippen LogP contribution in [0.4, 0.5) is 0 Å². The summed E-state index contributed by atoms with van der Waals surface area (Å²) in [6.45, 7) is -4.56. The third kappa shape index (κ3) is 76.5. The van der Waals surface area contributed by atoms with Crippen molar-refractivity contribution < 1.29 is 33.5 Å². The Labute approximate surface area is 74.7 Å². The van der Waals surface area contributed by atoms with Crippen molar-refractivity contribution in [1.82, 2.24) is 0 Å². The van der Waals surface area contributed by atoms with Gasteiger partial charge in [0, 0.05) is 0 Å². The molecule has 0 fully saturated rings. The molecule has 0 heterocycles. The second-order valence-corrected chi connectivity index (χ2v) is 2.68. The van der Waals surface area contributed by atoms with Gasteiger partial charge in [0.1, 0.15) is 0 Å². The summed E-state index contributed by atoms with van der Waals surface area (Å²) in [4.78, 5) is 26.8. The van der Waals surface area contributed by atoms with Crippen LogP contribution in [-0.2, 0) is 11.8 Å². The maximum absolute atomic E-state index is 8.92. The van der Waals surface area contributed by atoms with Gasteiger partial charge in [-0.15, -0.1) is 0 Å². The molecule has 0 aromatic heterocycles. The molecule has 3 nitrogen and oxygen atoms in total. The van der Waals surface area contributed by atoms with Crippen LogP contribution in [0.25, 0.3) is 0 Å². The molecule has 0 amide bonds. The molecule has 0 saturated heterocycles. The summed E-state index contributed by atoms with van der Waals surface area (Å²) in [5, 5.41) is 0. The molecule has 0 bridgehead atoms. The van der Waals surface area contributed by atoms with Gasteiger partial charge in [-0.3, -0.25) is 0 Å². The molecule has 0 saturated carbocycles. The Morgan fingerprint density at radius 2 is 1.14 bits per heavy atom. The topological polar surface area (TPSA) is 69.2 Å². The summed E-state index contributed by atoms with van der Waals surface area (Å²) >= 11 is 3.27. The van der Waals surface area contributed by atoms with E-state index in [2.05, 4.69) is 11.8 Å². The van der Waals surface area contributed by atoms with Crippen molar-refractivity contribution in [1.29, 1.82) is 0 Å². The SMILES string of the molecule is [Li+].[Mg+2].[O-]P([O-])([O-])=S. The summed E-state index contributed by atoms with van der Waals surface area (Å²) in [5.74, 6) is 0. The minimum atomic E-state index is -4.56. The van der Waals surface area contributed by atoms with Gasteiger partial charge in [-0.25, -0.2) is 0 Å². The van der Waals surface area contributed by atoms with Crippen molar-refractivity contribution >= 4 is 41.6 Å². The summed E-state index contributed by atoms with van der Waals surface area (Å²) in [6.07, 6.45) is 0. The van der Waals surface area contributed by atoms with Gasteiger partial charge in [0.2, 0.25) is 0 Å². The summed E-state index contributed by atoms with van der Waals surface area (Å²) in [6, 6.07) is 0. The summed E-state index contributed by atoms with van der Waals surface area (Å²) < 4.78 is 0. The third-order valence-electron chi connectivity index (χ3n) is 0. The van der Waals surface area contributed by atoms with Gasteiger partial charge in [0.15, 0.2) is 0 Å². The fourth-order valence-electron chi connectivity index (χ4n) is 0. The van der Waals surface area contributed by atoms with E-state index in [1.54, 1.807) is 0 Å². The van der Waals surface area contributed by atoms with Crippen LogP contribution in [-0.4, -0.2) is 23.1 Å². The van der Waals surface area contributed by atoms with Gasteiger partial charge in [0.05, 0.1) is 0 Å².